The Hall–Kier alpha value is -1.90. The van der Waals surface area contributed by atoms with Crippen LogP contribution in [0.2, 0.25) is 10.0 Å². The maximum atomic E-state index is 13.3. The first-order chi connectivity index (χ1) is 15.2. The van der Waals surface area contributed by atoms with E-state index >= 15 is 0 Å². The van der Waals surface area contributed by atoms with Gasteiger partial charge < -0.3 is 5.32 Å². The second-order valence-corrected chi connectivity index (χ2v) is 10.9. The molecule has 3 aromatic carbocycles. The lowest BCUT2D eigenvalue weighted by Crippen LogP contribution is -2.41. The minimum Gasteiger partial charge on any atom is -0.348 e. The summed E-state index contributed by atoms with van der Waals surface area (Å²) in [6, 6.07) is 20.1. The van der Waals surface area contributed by atoms with Gasteiger partial charge in [-0.2, -0.15) is 4.31 Å². The summed E-state index contributed by atoms with van der Waals surface area (Å²) in [6.45, 7) is 1.40. The molecule has 0 unspecified atom stereocenters. The molecule has 0 saturated carbocycles. The fourth-order valence-electron chi connectivity index (χ4n) is 3.09. The summed E-state index contributed by atoms with van der Waals surface area (Å²) < 4.78 is 28.7. The van der Waals surface area contributed by atoms with Crippen molar-refractivity contribution >= 4 is 55.1 Å². The second kappa shape index (κ2) is 10.8. The Balaban J connectivity index is 1.84. The third kappa shape index (κ3) is 6.33. The lowest BCUT2D eigenvalue weighted by Gasteiger charge is -2.24. The maximum absolute atomic E-state index is 13.3. The van der Waals surface area contributed by atoms with Crippen LogP contribution in [-0.4, -0.2) is 25.2 Å². The molecular weight excluding hydrogens is 535 g/mol. The normalized spacial score (nSPS) is 12.5. The lowest BCUT2D eigenvalue weighted by molar-refractivity contribution is -0.122. The van der Waals surface area contributed by atoms with Crippen LogP contribution in [-0.2, 0) is 21.4 Å². The fraction of sp³-hybridized carbons (Fsp3) is 0.174. The molecule has 0 aliphatic carbocycles. The zero-order valence-electron chi connectivity index (χ0n) is 17.1. The van der Waals surface area contributed by atoms with Gasteiger partial charge in [0.05, 0.1) is 17.5 Å². The summed E-state index contributed by atoms with van der Waals surface area (Å²) in [7, 11) is -3.95. The zero-order valence-corrected chi connectivity index (χ0v) is 21.0. The number of nitrogens with zero attached hydrogens (tertiary/aromatic N) is 1. The first kappa shape index (κ1) is 24.7. The highest BCUT2D eigenvalue weighted by molar-refractivity contribution is 9.10. The van der Waals surface area contributed by atoms with Crippen molar-refractivity contribution in [1.82, 2.24) is 9.62 Å². The van der Waals surface area contributed by atoms with Gasteiger partial charge in [0, 0.05) is 21.1 Å². The Kier molecular flexibility index (Phi) is 8.36. The summed E-state index contributed by atoms with van der Waals surface area (Å²) >= 11 is 15.6. The summed E-state index contributed by atoms with van der Waals surface area (Å²) in [5.41, 5.74) is 1.45. The molecule has 0 aromatic heterocycles. The zero-order chi connectivity index (χ0) is 23.3. The molecule has 3 aromatic rings. The summed E-state index contributed by atoms with van der Waals surface area (Å²) in [5.74, 6) is -0.426. The van der Waals surface area contributed by atoms with Crippen LogP contribution >= 0.6 is 39.1 Å². The van der Waals surface area contributed by atoms with E-state index in [1.807, 2.05) is 31.2 Å². The highest BCUT2D eigenvalue weighted by atomic mass is 79.9. The van der Waals surface area contributed by atoms with Crippen molar-refractivity contribution in [3.8, 4) is 0 Å². The molecular formula is C23H21BrCl2N2O3S. The van der Waals surface area contributed by atoms with Gasteiger partial charge in [-0.25, -0.2) is 8.42 Å². The van der Waals surface area contributed by atoms with E-state index in [9.17, 15) is 13.2 Å². The van der Waals surface area contributed by atoms with E-state index in [-0.39, 0.29) is 24.0 Å². The predicted molar refractivity (Wildman–Crippen MR) is 131 cm³/mol. The average Bonchev–Trinajstić information content (AvgIpc) is 2.76. The van der Waals surface area contributed by atoms with Gasteiger partial charge in [0.1, 0.15) is 0 Å². The van der Waals surface area contributed by atoms with Crippen LogP contribution < -0.4 is 5.32 Å². The third-order valence-electron chi connectivity index (χ3n) is 4.81. The van der Waals surface area contributed by atoms with E-state index in [1.165, 1.54) is 12.1 Å². The Morgan fingerprint density at radius 1 is 1.03 bits per heavy atom. The molecule has 0 spiro atoms. The Morgan fingerprint density at radius 2 is 1.69 bits per heavy atom. The Bertz CT molecular complexity index is 1190. The standard InChI is InChI=1S/C23H21BrCl2N2O3S/c1-16(17-7-10-19(24)11-8-17)27-23(29)15-28(14-18-9-12-20(25)13-22(18)26)32(30,31)21-5-3-2-4-6-21/h2-13,16H,14-15H2,1H3,(H,27,29)/t16-/m1/s1. The van der Waals surface area contributed by atoms with E-state index in [4.69, 9.17) is 23.2 Å². The predicted octanol–water partition coefficient (Wildman–Crippen LogP) is 5.82. The topological polar surface area (TPSA) is 66.5 Å². The van der Waals surface area contributed by atoms with Gasteiger partial charge in [-0.15, -0.1) is 0 Å². The summed E-state index contributed by atoms with van der Waals surface area (Å²) in [4.78, 5) is 12.9. The number of benzene rings is 3. The molecule has 1 N–H and O–H groups in total. The van der Waals surface area contributed by atoms with E-state index in [2.05, 4.69) is 21.2 Å². The molecule has 0 fully saturated rings. The number of carbonyl (C=O) groups excluding carboxylic acids is 1. The molecule has 0 aliphatic rings. The summed E-state index contributed by atoms with van der Waals surface area (Å²) in [5, 5.41) is 3.63. The molecule has 9 heteroatoms. The molecule has 32 heavy (non-hydrogen) atoms. The molecule has 0 bridgehead atoms. The lowest BCUT2D eigenvalue weighted by atomic mass is 10.1. The van der Waals surface area contributed by atoms with Gasteiger partial charge in [-0.3, -0.25) is 4.79 Å². The van der Waals surface area contributed by atoms with Crippen LogP contribution in [0.1, 0.15) is 24.1 Å². The molecule has 1 atom stereocenters. The van der Waals surface area contributed by atoms with Gasteiger partial charge in [0.2, 0.25) is 15.9 Å². The third-order valence-corrected chi connectivity index (χ3v) is 7.73. The average molecular weight is 556 g/mol. The van der Waals surface area contributed by atoms with Crippen molar-refractivity contribution in [3.05, 3.63) is 98.4 Å². The summed E-state index contributed by atoms with van der Waals surface area (Å²) in [6.07, 6.45) is 0. The number of nitrogens with one attached hydrogen (secondary N) is 1. The minimum absolute atomic E-state index is 0.0761. The van der Waals surface area contributed by atoms with Crippen LogP contribution in [0.25, 0.3) is 0 Å². The number of carbonyl (C=O) groups is 1. The number of hydrogen-bond donors (Lipinski definition) is 1. The van der Waals surface area contributed by atoms with Crippen molar-refractivity contribution in [3.63, 3.8) is 0 Å². The SMILES string of the molecule is C[C@@H](NC(=O)CN(Cc1ccc(Cl)cc1Cl)S(=O)(=O)c1ccccc1)c1ccc(Br)cc1. The minimum atomic E-state index is -3.95. The number of halogens is 3. The van der Waals surface area contributed by atoms with E-state index in [0.29, 0.717) is 15.6 Å². The second-order valence-electron chi connectivity index (χ2n) is 7.16. The highest BCUT2D eigenvalue weighted by Crippen LogP contribution is 2.25. The molecule has 0 radical (unpaired) electrons. The van der Waals surface area contributed by atoms with Gasteiger partial charge in [-0.1, -0.05) is 75.5 Å². The molecule has 5 nitrogen and oxygen atoms in total. The van der Waals surface area contributed by atoms with E-state index in [1.54, 1.807) is 36.4 Å². The molecule has 0 saturated heterocycles. The first-order valence-corrected chi connectivity index (χ1v) is 12.7. The molecule has 0 heterocycles. The maximum Gasteiger partial charge on any atom is 0.243 e. The van der Waals surface area contributed by atoms with Crippen LogP contribution in [0.4, 0.5) is 0 Å². The molecule has 3 rings (SSSR count). The molecule has 0 aliphatic heterocycles. The van der Waals surface area contributed by atoms with E-state index < -0.39 is 15.9 Å². The van der Waals surface area contributed by atoms with E-state index in [0.717, 1.165) is 14.3 Å². The first-order valence-electron chi connectivity index (χ1n) is 9.71. The van der Waals surface area contributed by atoms with Crippen LogP contribution in [0.5, 0.6) is 0 Å². The van der Waals surface area contributed by atoms with Crippen molar-refractivity contribution in [2.45, 2.75) is 24.4 Å². The van der Waals surface area contributed by atoms with Crippen LogP contribution in [0.3, 0.4) is 0 Å². The number of amides is 1. The van der Waals surface area contributed by atoms with Crippen molar-refractivity contribution in [2.75, 3.05) is 6.54 Å². The Morgan fingerprint density at radius 3 is 2.31 bits per heavy atom. The number of hydrogen-bond acceptors (Lipinski definition) is 3. The van der Waals surface area contributed by atoms with Gasteiger partial charge >= 0.3 is 0 Å². The monoisotopic (exact) mass is 554 g/mol. The van der Waals surface area contributed by atoms with Crippen molar-refractivity contribution in [1.29, 1.82) is 0 Å². The highest BCUT2D eigenvalue weighted by Gasteiger charge is 2.28. The van der Waals surface area contributed by atoms with Crippen molar-refractivity contribution < 1.29 is 13.2 Å². The largest absolute Gasteiger partial charge is 0.348 e. The molecule has 1 amide bonds. The van der Waals surface area contributed by atoms with Gasteiger partial charge in [-0.05, 0) is 54.4 Å². The van der Waals surface area contributed by atoms with Gasteiger partial charge in [0.25, 0.3) is 0 Å². The van der Waals surface area contributed by atoms with Crippen LogP contribution in [0.15, 0.2) is 82.2 Å². The Labute approximate surface area is 206 Å². The van der Waals surface area contributed by atoms with Crippen molar-refractivity contribution in [2.24, 2.45) is 0 Å². The molecule has 168 valence electrons. The van der Waals surface area contributed by atoms with Crippen LogP contribution in [0, 0.1) is 0 Å². The smallest absolute Gasteiger partial charge is 0.243 e. The fourth-order valence-corrected chi connectivity index (χ4v) is 5.22. The van der Waals surface area contributed by atoms with Gasteiger partial charge in [0.15, 0.2) is 0 Å². The number of sulfonamides is 1. The number of rotatable bonds is 8. The quantitative estimate of drug-likeness (QED) is 0.380.